The Balaban J connectivity index is 0.00000451. The maximum Gasteiger partial charge on any atom is 0.335 e. The number of hydrogen-bond donors (Lipinski definition) is 3. The van der Waals surface area contributed by atoms with Gasteiger partial charge in [0.1, 0.15) is 17.3 Å². The highest BCUT2D eigenvalue weighted by molar-refractivity contribution is 6.00. The molecule has 1 spiro atoms. The fraction of sp³-hybridized carbons (Fsp3) is 0.432. The van der Waals surface area contributed by atoms with Gasteiger partial charge in [-0.25, -0.2) is 4.79 Å². The van der Waals surface area contributed by atoms with Crippen molar-refractivity contribution in [3.05, 3.63) is 89.5 Å². The highest BCUT2D eigenvalue weighted by Gasteiger charge is 2.55. The number of piperidine rings is 1. The molecule has 0 aromatic heterocycles. The molecular formula is C37H44ClN3O7. The molecule has 3 fully saturated rings. The van der Waals surface area contributed by atoms with E-state index >= 15 is 0 Å². The lowest BCUT2D eigenvalue weighted by Crippen LogP contribution is -2.74. The van der Waals surface area contributed by atoms with E-state index in [0.717, 1.165) is 43.2 Å². The third-order valence-corrected chi connectivity index (χ3v) is 10.1. The van der Waals surface area contributed by atoms with Gasteiger partial charge in [-0.2, -0.15) is 0 Å². The summed E-state index contributed by atoms with van der Waals surface area (Å²) in [7, 11) is 1.46. The van der Waals surface area contributed by atoms with Gasteiger partial charge in [0.15, 0.2) is 11.5 Å². The number of amides is 2. The van der Waals surface area contributed by atoms with Gasteiger partial charge in [0.2, 0.25) is 11.8 Å². The molecule has 0 bridgehead atoms. The number of ether oxygens (including phenoxy) is 2. The molecule has 1 saturated carbocycles. The summed E-state index contributed by atoms with van der Waals surface area (Å²) in [6.07, 6.45) is 5.08. The molecule has 48 heavy (non-hydrogen) atoms. The zero-order valence-corrected chi connectivity index (χ0v) is 28.0. The highest BCUT2D eigenvalue weighted by Crippen LogP contribution is 2.38. The van der Waals surface area contributed by atoms with Crippen molar-refractivity contribution < 1.29 is 34.1 Å². The van der Waals surface area contributed by atoms with Crippen LogP contribution in [0, 0.1) is 5.92 Å². The first-order valence-corrected chi connectivity index (χ1v) is 16.5. The number of carbonyl (C=O) groups excluding carboxylic acids is 2. The second kappa shape index (κ2) is 15.4. The fourth-order valence-corrected chi connectivity index (χ4v) is 7.32. The van der Waals surface area contributed by atoms with Crippen LogP contribution in [0.3, 0.4) is 0 Å². The summed E-state index contributed by atoms with van der Waals surface area (Å²) >= 11 is 0. The number of piperazine rings is 1. The number of nitrogens with one attached hydrogen (secondary N) is 1. The van der Waals surface area contributed by atoms with Gasteiger partial charge in [0, 0.05) is 26.2 Å². The molecule has 10 nitrogen and oxygen atoms in total. The summed E-state index contributed by atoms with van der Waals surface area (Å²) in [5.41, 5.74) is 1.17. The monoisotopic (exact) mass is 677 g/mol. The maximum atomic E-state index is 14.1. The summed E-state index contributed by atoms with van der Waals surface area (Å²) in [4.78, 5) is 43.5. The van der Waals surface area contributed by atoms with Crippen LogP contribution in [-0.2, 0) is 22.7 Å². The lowest BCUT2D eigenvalue weighted by molar-refractivity contribution is -0.167. The third-order valence-electron chi connectivity index (χ3n) is 10.1. The number of methoxy groups -OCH3 is 1. The zero-order chi connectivity index (χ0) is 33.0. The number of carboxylic acid groups (broad SMARTS) is 1. The molecule has 2 saturated heterocycles. The largest absolute Gasteiger partial charge is 0.493 e. The van der Waals surface area contributed by atoms with Gasteiger partial charge in [-0.15, -0.1) is 12.4 Å². The summed E-state index contributed by atoms with van der Waals surface area (Å²) in [5, 5.41) is 23.6. The molecular weight excluding hydrogens is 634 g/mol. The Bertz CT molecular complexity index is 1570. The standard InChI is InChI=1S/C37H43N3O7.ClH/c1-46-31-22-28(35(43)44)14-17-30(31)47-29-15-12-26(13-16-29)23-39-20-18-37(19-21-39)36(45)38-32(33(41)27-10-6-3-7-11-27)34(42)40(37)24-25-8-4-2-5-9-25;/h2,4-5,8-9,12-17,22,27,32-33,41H,3,6-7,10-11,18-21,23-24H2,1H3,(H,38,45)(H,43,44);1H/t32-,33-;/m1./s1. The first-order valence-electron chi connectivity index (χ1n) is 16.5. The van der Waals surface area contributed by atoms with Gasteiger partial charge in [0.25, 0.3) is 0 Å². The van der Waals surface area contributed by atoms with Crippen LogP contribution in [0.2, 0.25) is 0 Å². The van der Waals surface area contributed by atoms with Gasteiger partial charge in [-0.05, 0) is 73.1 Å². The van der Waals surface area contributed by atoms with Crippen molar-refractivity contribution in [3.63, 3.8) is 0 Å². The molecule has 3 aromatic carbocycles. The third kappa shape index (κ3) is 7.46. The molecule has 0 radical (unpaired) electrons. The van der Waals surface area contributed by atoms with Crippen LogP contribution >= 0.6 is 12.4 Å². The molecule has 2 atom stereocenters. The minimum Gasteiger partial charge on any atom is -0.493 e. The van der Waals surface area contributed by atoms with Crippen LogP contribution in [-0.4, -0.2) is 75.7 Å². The second-order valence-corrected chi connectivity index (χ2v) is 13.0. The van der Waals surface area contributed by atoms with E-state index in [1.54, 1.807) is 11.0 Å². The lowest BCUT2D eigenvalue weighted by atomic mass is 9.77. The quantitative estimate of drug-likeness (QED) is 0.260. The molecule has 3 N–H and O–H groups in total. The van der Waals surface area contributed by atoms with Gasteiger partial charge >= 0.3 is 5.97 Å². The summed E-state index contributed by atoms with van der Waals surface area (Å²) in [6.45, 7) is 2.26. The first kappa shape index (κ1) is 35.2. The minimum absolute atomic E-state index is 0. The number of hydrogen-bond acceptors (Lipinski definition) is 7. The number of aliphatic hydroxyl groups excluding tert-OH is 1. The van der Waals surface area contributed by atoms with Crippen LogP contribution in [0.15, 0.2) is 72.8 Å². The van der Waals surface area contributed by atoms with Gasteiger partial charge in [0.05, 0.1) is 18.8 Å². The van der Waals surface area contributed by atoms with Crippen LogP contribution in [0.1, 0.15) is 66.4 Å². The smallest absolute Gasteiger partial charge is 0.335 e. The molecule has 1 aliphatic carbocycles. The topological polar surface area (TPSA) is 129 Å². The van der Waals surface area contributed by atoms with E-state index < -0.39 is 23.7 Å². The van der Waals surface area contributed by atoms with E-state index in [1.807, 2.05) is 54.6 Å². The van der Waals surface area contributed by atoms with Crippen molar-refractivity contribution in [2.45, 2.75) is 75.7 Å². The number of aliphatic hydroxyl groups is 1. The minimum atomic E-state index is -1.04. The molecule has 6 rings (SSSR count). The Morgan fingerprint density at radius 3 is 2.23 bits per heavy atom. The Kier molecular flexibility index (Phi) is 11.3. The van der Waals surface area contributed by atoms with Crippen molar-refractivity contribution in [1.82, 2.24) is 15.1 Å². The van der Waals surface area contributed by atoms with Gasteiger partial charge in [-0.3, -0.25) is 14.5 Å². The number of halogens is 1. The van der Waals surface area contributed by atoms with Crippen LogP contribution in [0.5, 0.6) is 17.2 Å². The molecule has 3 aromatic rings. The predicted octanol–water partition coefficient (Wildman–Crippen LogP) is 5.41. The van der Waals surface area contributed by atoms with E-state index in [1.165, 1.54) is 19.2 Å². The van der Waals surface area contributed by atoms with E-state index in [9.17, 15) is 24.6 Å². The molecule has 2 heterocycles. The first-order chi connectivity index (χ1) is 22.8. The molecule has 2 amide bonds. The molecule has 11 heteroatoms. The number of carboxylic acids is 1. The van der Waals surface area contributed by atoms with E-state index in [-0.39, 0.29) is 35.7 Å². The van der Waals surface area contributed by atoms with E-state index in [0.29, 0.717) is 56.3 Å². The van der Waals surface area contributed by atoms with Crippen LogP contribution in [0.4, 0.5) is 0 Å². The SMILES string of the molecule is COc1cc(C(=O)O)ccc1Oc1ccc(CN2CCC3(CC2)C(=O)N[C@H]([C@H](O)C2CCCCC2)C(=O)N3Cc2ccccc2)cc1.Cl. The van der Waals surface area contributed by atoms with Gasteiger partial charge < -0.3 is 29.9 Å². The number of nitrogens with zero attached hydrogens (tertiary/aromatic N) is 2. The molecule has 0 unspecified atom stereocenters. The summed E-state index contributed by atoms with van der Waals surface area (Å²) in [6, 6.07) is 21.0. The zero-order valence-electron chi connectivity index (χ0n) is 27.2. The Labute approximate surface area is 287 Å². The molecule has 2 aliphatic heterocycles. The van der Waals surface area contributed by atoms with E-state index in [2.05, 4.69) is 10.2 Å². The maximum absolute atomic E-state index is 14.1. The van der Waals surface area contributed by atoms with E-state index in [4.69, 9.17) is 9.47 Å². The van der Waals surface area contributed by atoms with Crippen molar-refractivity contribution >= 4 is 30.2 Å². The number of carbonyl (C=O) groups is 3. The van der Waals surface area contributed by atoms with Crippen molar-refractivity contribution in [2.24, 2.45) is 5.92 Å². The average molecular weight is 678 g/mol. The normalized spacial score (nSPS) is 20.5. The summed E-state index contributed by atoms with van der Waals surface area (Å²) in [5.74, 6) is -0.0424. The Morgan fingerprint density at radius 1 is 0.917 bits per heavy atom. The number of benzene rings is 3. The van der Waals surface area contributed by atoms with Crippen LogP contribution < -0.4 is 14.8 Å². The molecule has 3 aliphatic rings. The average Bonchev–Trinajstić information content (AvgIpc) is 3.10. The second-order valence-electron chi connectivity index (χ2n) is 13.0. The Morgan fingerprint density at radius 2 is 1.58 bits per heavy atom. The van der Waals surface area contributed by atoms with Crippen molar-refractivity contribution in [2.75, 3.05) is 20.2 Å². The number of aromatic carboxylic acids is 1. The lowest BCUT2D eigenvalue weighted by Gasteiger charge is -2.52. The summed E-state index contributed by atoms with van der Waals surface area (Å²) < 4.78 is 11.3. The highest BCUT2D eigenvalue weighted by atomic mass is 35.5. The van der Waals surface area contributed by atoms with Gasteiger partial charge in [-0.1, -0.05) is 61.7 Å². The predicted molar refractivity (Wildman–Crippen MR) is 182 cm³/mol. The number of likely N-dealkylation sites (tertiary alicyclic amines) is 1. The van der Waals surface area contributed by atoms with Crippen LogP contribution in [0.25, 0.3) is 0 Å². The number of rotatable bonds is 10. The van der Waals surface area contributed by atoms with Crippen molar-refractivity contribution in [3.8, 4) is 17.2 Å². The van der Waals surface area contributed by atoms with Crippen molar-refractivity contribution in [1.29, 1.82) is 0 Å². The fourth-order valence-electron chi connectivity index (χ4n) is 7.32. The molecule has 256 valence electrons. The Hall–Kier alpha value is -4.12.